The minimum Gasteiger partial charge on any atom is -0.368 e. The third kappa shape index (κ3) is 2.47. The fraction of sp³-hybridized carbons (Fsp3) is 0.409. The molecule has 2 aromatic carbocycles. The van der Waals surface area contributed by atoms with Gasteiger partial charge in [-0.2, -0.15) is 0 Å². The Kier molecular flexibility index (Phi) is 3.87. The van der Waals surface area contributed by atoms with Gasteiger partial charge in [-0.1, -0.05) is 29.8 Å². The van der Waals surface area contributed by atoms with Gasteiger partial charge in [0.2, 0.25) is 0 Å². The van der Waals surface area contributed by atoms with Gasteiger partial charge >= 0.3 is 0 Å². The maximum Gasteiger partial charge on any atom is 0.176 e. The van der Waals surface area contributed by atoms with Crippen LogP contribution < -0.4 is 10.2 Å². The number of rotatable bonds is 1. The zero-order chi connectivity index (χ0) is 18.8. The molecule has 140 valence electrons. The SMILES string of the molecule is CC1(C)C2=NC(O)c3c(Cl)cccc3N2c2cc(C3CCNCC3)ccc21. The molecule has 3 heterocycles. The van der Waals surface area contributed by atoms with Gasteiger partial charge in [-0.25, -0.2) is 4.99 Å². The lowest BCUT2D eigenvalue weighted by molar-refractivity contribution is 0.186. The summed E-state index contributed by atoms with van der Waals surface area (Å²) in [6.07, 6.45) is 1.42. The molecule has 1 fully saturated rings. The lowest BCUT2D eigenvalue weighted by Crippen LogP contribution is -2.37. The van der Waals surface area contributed by atoms with Crippen molar-refractivity contribution in [1.29, 1.82) is 0 Å². The van der Waals surface area contributed by atoms with E-state index in [0.717, 1.165) is 24.6 Å². The monoisotopic (exact) mass is 381 g/mol. The van der Waals surface area contributed by atoms with Crippen molar-refractivity contribution in [3.63, 3.8) is 0 Å². The van der Waals surface area contributed by atoms with Crippen LogP contribution in [0.25, 0.3) is 0 Å². The number of fused-ring (bicyclic) bond motifs is 5. The average Bonchev–Trinajstić information content (AvgIpc) is 2.89. The number of amidine groups is 1. The number of halogens is 1. The molecule has 0 bridgehead atoms. The largest absolute Gasteiger partial charge is 0.368 e. The minimum absolute atomic E-state index is 0.261. The fourth-order valence-electron chi connectivity index (χ4n) is 4.81. The maximum atomic E-state index is 10.7. The van der Waals surface area contributed by atoms with E-state index in [0.29, 0.717) is 16.5 Å². The van der Waals surface area contributed by atoms with Crippen molar-refractivity contribution in [2.75, 3.05) is 18.0 Å². The van der Waals surface area contributed by atoms with Crippen LogP contribution in [0.2, 0.25) is 5.02 Å². The number of aliphatic hydroxyl groups excluding tert-OH is 1. The number of hydrogen-bond donors (Lipinski definition) is 2. The highest BCUT2D eigenvalue weighted by Crippen LogP contribution is 2.52. The van der Waals surface area contributed by atoms with Gasteiger partial charge < -0.3 is 10.4 Å². The van der Waals surface area contributed by atoms with Gasteiger partial charge in [0.25, 0.3) is 0 Å². The number of benzene rings is 2. The molecule has 0 spiro atoms. The smallest absolute Gasteiger partial charge is 0.176 e. The van der Waals surface area contributed by atoms with Crippen LogP contribution >= 0.6 is 11.6 Å². The summed E-state index contributed by atoms with van der Waals surface area (Å²) in [5, 5.41) is 14.7. The fourth-order valence-corrected chi connectivity index (χ4v) is 5.07. The first-order chi connectivity index (χ1) is 13.0. The lowest BCUT2D eigenvalue weighted by Gasteiger charge is -2.33. The molecule has 27 heavy (non-hydrogen) atoms. The van der Waals surface area contributed by atoms with E-state index in [9.17, 15) is 5.11 Å². The van der Waals surface area contributed by atoms with Crippen molar-refractivity contribution in [2.45, 2.75) is 44.2 Å². The highest BCUT2D eigenvalue weighted by molar-refractivity contribution is 6.32. The second-order valence-corrected chi connectivity index (χ2v) is 8.67. The Hall–Kier alpha value is -1.88. The number of aliphatic imine (C=N–C) groups is 1. The Morgan fingerprint density at radius 3 is 2.70 bits per heavy atom. The van der Waals surface area contributed by atoms with E-state index in [-0.39, 0.29) is 5.41 Å². The van der Waals surface area contributed by atoms with Gasteiger partial charge in [-0.3, -0.25) is 4.90 Å². The Morgan fingerprint density at radius 2 is 1.93 bits per heavy atom. The first kappa shape index (κ1) is 17.2. The highest BCUT2D eigenvalue weighted by atomic mass is 35.5. The zero-order valence-electron chi connectivity index (χ0n) is 15.7. The quantitative estimate of drug-likeness (QED) is 0.756. The van der Waals surface area contributed by atoms with Crippen molar-refractivity contribution in [2.24, 2.45) is 4.99 Å². The number of piperidine rings is 1. The molecule has 3 aliphatic heterocycles. The number of hydrogen-bond acceptors (Lipinski definition) is 4. The molecular formula is C22H24ClN3O. The molecule has 0 aliphatic carbocycles. The second kappa shape index (κ2) is 6.06. The summed E-state index contributed by atoms with van der Waals surface area (Å²) in [6, 6.07) is 12.7. The van der Waals surface area contributed by atoms with Crippen LogP contribution in [0, 0.1) is 0 Å². The predicted octanol–water partition coefficient (Wildman–Crippen LogP) is 4.64. The van der Waals surface area contributed by atoms with Gasteiger partial charge in [0.15, 0.2) is 6.23 Å². The summed E-state index contributed by atoms with van der Waals surface area (Å²) in [6.45, 7) is 6.51. The molecule has 0 amide bonds. The topological polar surface area (TPSA) is 47.9 Å². The minimum atomic E-state index is -0.919. The van der Waals surface area contributed by atoms with Crippen molar-refractivity contribution in [3.8, 4) is 0 Å². The predicted molar refractivity (Wildman–Crippen MR) is 110 cm³/mol. The molecule has 5 heteroatoms. The molecule has 3 aliphatic rings. The summed E-state index contributed by atoms with van der Waals surface area (Å²) in [5.74, 6) is 1.48. The molecule has 2 aromatic rings. The Balaban J connectivity index is 1.69. The number of aliphatic hydroxyl groups is 1. The second-order valence-electron chi connectivity index (χ2n) is 8.26. The molecule has 4 nitrogen and oxygen atoms in total. The van der Waals surface area contributed by atoms with Gasteiger partial charge in [0.1, 0.15) is 5.84 Å². The highest BCUT2D eigenvalue weighted by Gasteiger charge is 2.46. The Morgan fingerprint density at radius 1 is 1.15 bits per heavy atom. The molecule has 5 rings (SSSR count). The molecule has 1 unspecified atom stereocenters. The molecular weight excluding hydrogens is 358 g/mol. The molecule has 0 radical (unpaired) electrons. The Bertz CT molecular complexity index is 947. The van der Waals surface area contributed by atoms with Gasteiger partial charge in [0, 0.05) is 11.0 Å². The van der Waals surface area contributed by atoms with Crippen LogP contribution in [0.3, 0.4) is 0 Å². The average molecular weight is 382 g/mol. The third-order valence-electron chi connectivity index (χ3n) is 6.29. The van der Waals surface area contributed by atoms with Crippen molar-refractivity contribution in [1.82, 2.24) is 5.32 Å². The number of anilines is 2. The van der Waals surface area contributed by atoms with Gasteiger partial charge in [0.05, 0.1) is 16.4 Å². The van der Waals surface area contributed by atoms with Crippen molar-refractivity contribution in [3.05, 3.63) is 58.1 Å². The first-order valence-electron chi connectivity index (χ1n) is 9.68. The van der Waals surface area contributed by atoms with Gasteiger partial charge in [-0.15, -0.1) is 0 Å². The van der Waals surface area contributed by atoms with Crippen LogP contribution in [-0.4, -0.2) is 24.0 Å². The van der Waals surface area contributed by atoms with E-state index in [1.54, 1.807) is 0 Å². The summed E-state index contributed by atoms with van der Waals surface area (Å²) in [4.78, 5) is 6.86. The van der Waals surface area contributed by atoms with Crippen molar-refractivity contribution < 1.29 is 5.11 Å². The lowest BCUT2D eigenvalue weighted by atomic mass is 9.83. The van der Waals surface area contributed by atoms with E-state index in [2.05, 4.69) is 47.3 Å². The summed E-state index contributed by atoms with van der Waals surface area (Å²) in [5.41, 5.74) is 5.18. The molecule has 0 aromatic heterocycles. The van der Waals surface area contributed by atoms with Crippen molar-refractivity contribution >= 4 is 28.8 Å². The number of nitrogens with zero attached hydrogens (tertiary/aromatic N) is 2. The zero-order valence-corrected chi connectivity index (χ0v) is 16.4. The standard InChI is InChI=1S/C22H24ClN3O/c1-22(2)15-7-6-14(13-8-10-24-11-9-13)12-18(15)26-17-5-3-4-16(23)19(17)20(27)25-21(22)26/h3-7,12-13,20,24,27H,8-11H2,1-2H3. The summed E-state index contributed by atoms with van der Waals surface area (Å²) < 4.78 is 0. The molecule has 1 saturated heterocycles. The van der Waals surface area contributed by atoms with E-state index < -0.39 is 6.23 Å². The van der Waals surface area contributed by atoms with E-state index in [4.69, 9.17) is 11.6 Å². The summed E-state index contributed by atoms with van der Waals surface area (Å²) in [7, 11) is 0. The van der Waals surface area contributed by atoms with E-state index in [1.807, 2.05) is 18.2 Å². The van der Waals surface area contributed by atoms with Crippen LogP contribution in [0.1, 0.15) is 55.5 Å². The number of nitrogens with one attached hydrogen (secondary N) is 1. The molecule has 1 atom stereocenters. The van der Waals surface area contributed by atoms with E-state index in [1.165, 1.54) is 29.7 Å². The maximum absolute atomic E-state index is 10.7. The molecule has 2 N–H and O–H groups in total. The first-order valence-corrected chi connectivity index (χ1v) is 10.1. The van der Waals surface area contributed by atoms with E-state index >= 15 is 0 Å². The Labute approximate surface area is 164 Å². The van der Waals surface area contributed by atoms with Crippen LogP contribution in [-0.2, 0) is 5.41 Å². The normalized spacial score (nSPS) is 23.5. The summed E-state index contributed by atoms with van der Waals surface area (Å²) >= 11 is 6.42. The van der Waals surface area contributed by atoms with Crippen LogP contribution in [0.15, 0.2) is 41.4 Å². The molecule has 0 saturated carbocycles. The van der Waals surface area contributed by atoms with Gasteiger partial charge in [-0.05, 0) is 75.0 Å². The van der Waals surface area contributed by atoms with Crippen LogP contribution in [0.5, 0.6) is 0 Å². The third-order valence-corrected chi connectivity index (χ3v) is 6.62. The van der Waals surface area contributed by atoms with Crippen LogP contribution in [0.4, 0.5) is 11.4 Å².